The van der Waals surface area contributed by atoms with Crippen LogP contribution in [0.15, 0.2) is 23.0 Å². The zero-order chi connectivity index (χ0) is 22.4. The Morgan fingerprint density at radius 2 is 1.91 bits per heavy atom. The Morgan fingerprint density at radius 1 is 1.16 bits per heavy atom. The number of amides is 2. The summed E-state index contributed by atoms with van der Waals surface area (Å²) in [6.45, 7) is 3.59. The van der Waals surface area contributed by atoms with E-state index < -0.39 is 6.04 Å². The zero-order valence-electron chi connectivity index (χ0n) is 18.8. The molecule has 1 saturated carbocycles. The van der Waals surface area contributed by atoms with E-state index in [1.807, 2.05) is 30.0 Å². The summed E-state index contributed by atoms with van der Waals surface area (Å²) in [7, 11) is 0. The molecule has 4 atom stereocenters. The molecule has 0 aromatic carbocycles. The molecule has 7 heteroatoms. The summed E-state index contributed by atoms with van der Waals surface area (Å²) in [4.78, 5) is 43.9. The summed E-state index contributed by atoms with van der Waals surface area (Å²) in [5, 5.41) is 10.4. The minimum atomic E-state index is -0.640. The second-order valence-electron chi connectivity index (χ2n) is 9.86. The molecule has 1 aromatic rings. The molecule has 5 rings (SSSR count). The third kappa shape index (κ3) is 3.51. The van der Waals surface area contributed by atoms with Crippen LogP contribution in [0, 0.1) is 17.8 Å². The molecular formula is C25H33N3O4. The number of carbonyl (C=O) groups is 2. The van der Waals surface area contributed by atoms with E-state index in [1.165, 1.54) is 0 Å². The van der Waals surface area contributed by atoms with Crippen LogP contribution in [0.3, 0.4) is 0 Å². The Bertz CT molecular complexity index is 989. The molecule has 4 heterocycles. The number of aliphatic hydroxyl groups excluding tert-OH is 1. The van der Waals surface area contributed by atoms with Gasteiger partial charge in [0.1, 0.15) is 6.04 Å². The number of aromatic nitrogens is 1. The highest BCUT2D eigenvalue weighted by Gasteiger charge is 2.58. The number of aliphatic hydroxyl groups is 1. The molecule has 4 aliphatic rings. The Balaban J connectivity index is 1.55. The molecule has 1 N–H and O–H groups in total. The average Bonchev–Trinajstić information content (AvgIpc) is 3.44. The van der Waals surface area contributed by atoms with Crippen LogP contribution < -0.4 is 5.56 Å². The summed E-state index contributed by atoms with van der Waals surface area (Å²) >= 11 is 0. The maximum atomic E-state index is 13.7. The van der Waals surface area contributed by atoms with E-state index in [0.29, 0.717) is 24.4 Å². The van der Waals surface area contributed by atoms with Gasteiger partial charge in [0.05, 0.1) is 6.04 Å². The molecule has 0 unspecified atom stereocenters. The molecule has 1 aliphatic carbocycles. The van der Waals surface area contributed by atoms with Gasteiger partial charge in [-0.15, -0.1) is 0 Å². The van der Waals surface area contributed by atoms with Gasteiger partial charge in [0.25, 0.3) is 5.56 Å². The van der Waals surface area contributed by atoms with Crippen LogP contribution in [0.4, 0.5) is 0 Å². The number of piperidine rings is 1. The molecule has 0 bridgehead atoms. The normalized spacial score (nSPS) is 29.4. The fraction of sp³-hybridized carbons (Fsp3) is 0.640. The zero-order valence-corrected chi connectivity index (χ0v) is 18.8. The van der Waals surface area contributed by atoms with Crippen molar-refractivity contribution in [1.82, 2.24) is 14.4 Å². The molecule has 32 heavy (non-hydrogen) atoms. The van der Waals surface area contributed by atoms with Crippen molar-refractivity contribution in [1.29, 1.82) is 0 Å². The first-order chi connectivity index (χ1) is 15.5. The standard InChI is InChI=1S/C25H33N3O4/c1-2-6-17-9-10-20-22-18(14-27(20)24(17)31)19(15-29)23(25(32)26-11-4-3-5-12-26)28(22)21(30)13-16-7-8-16/h2,6,9-10,16,18-19,22-23,29H,3-5,7-8,11-15H2,1H3/b6-2+/t18-,19-,22+,23-/m1/s1. The van der Waals surface area contributed by atoms with Crippen molar-refractivity contribution in [3.8, 4) is 0 Å². The molecule has 3 fully saturated rings. The maximum absolute atomic E-state index is 13.7. The molecule has 2 saturated heterocycles. The average molecular weight is 440 g/mol. The summed E-state index contributed by atoms with van der Waals surface area (Å²) in [6, 6.07) is 2.78. The van der Waals surface area contributed by atoms with E-state index in [-0.39, 0.29) is 41.9 Å². The number of fused-ring (bicyclic) bond motifs is 3. The smallest absolute Gasteiger partial charge is 0.258 e. The van der Waals surface area contributed by atoms with E-state index >= 15 is 0 Å². The Morgan fingerprint density at radius 3 is 2.56 bits per heavy atom. The molecule has 3 aliphatic heterocycles. The van der Waals surface area contributed by atoms with Crippen molar-refractivity contribution in [2.24, 2.45) is 17.8 Å². The summed E-state index contributed by atoms with van der Waals surface area (Å²) in [5.74, 6) is -0.119. The number of pyridine rings is 1. The largest absolute Gasteiger partial charge is 0.396 e. The molecule has 0 spiro atoms. The minimum Gasteiger partial charge on any atom is -0.396 e. The Kier molecular flexibility index (Phi) is 5.70. The lowest BCUT2D eigenvalue weighted by molar-refractivity contribution is -0.148. The molecular weight excluding hydrogens is 406 g/mol. The van der Waals surface area contributed by atoms with Gasteiger partial charge in [-0.25, -0.2) is 0 Å². The fourth-order valence-corrected chi connectivity index (χ4v) is 6.05. The van der Waals surface area contributed by atoms with Crippen molar-refractivity contribution >= 4 is 17.9 Å². The van der Waals surface area contributed by atoms with Crippen LogP contribution in [0.25, 0.3) is 6.08 Å². The lowest BCUT2D eigenvalue weighted by Gasteiger charge is -2.36. The third-order valence-electron chi connectivity index (χ3n) is 7.82. The predicted molar refractivity (Wildman–Crippen MR) is 121 cm³/mol. The third-order valence-corrected chi connectivity index (χ3v) is 7.82. The highest BCUT2D eigenvalue weighted by Crippen LogP contribution is 2.50. The minimum absolute atomic E-state index is 0.00719. The molecule has 1 aromatic heterocycles. The van der Waals surface area contributed by atoms with Gasteiger partial charge >= 0.3 is 0 Å². The van der Waals surface area contributed by atoms with Gasteiger partial charge in [0.15, 0.2) is 0 Å². The first-order valence-electron chi connectivity index (χ1n) is 12.1. The van der Waals surface area contributed by atoms with Crippen LogP contribution >= 0.6 is 0 Å². The molecule has 172 valence electrons. The van der Waals surface area contributed by atoms with Crippen molar-refractivity contribution in [2.75, 3.05) is 19.7 Å². The van der Waals surface area contributed by atoms with Crippen molar-refractivity contribution < 1.29 is 14.7 Å². The van der Waals surface area contributed by atoms with Crippen LogP contribution in [0.5, 0.6) is 0 Å². The molecule has 2 amide bonds. The van der Waals surface area contributed by atoms with Crippen molar-refractivity contribution in [3.05, 3.63) is 39.8 Å². The topological polar surface area (TPSA) is 82.8 Å². The predicted octanol–water partition coefficient (Wildman–Crippen LogP) is 2.18. The van der Waals surface area contributed by atoms with Gasteiger partial charge in [0, 0.05) is 55.8 Å². The first kappa shape index (κ1) is 21.4. The molecule has 7 nitrogen and oxygen atoms in total. The van der Waals surface area contributed by atoms with E-state index in [2.05, 4.69) is 0 Å². The Hall–Kier alpha value is -2.41. The second-order valence-corrected chi connectivity index (χ2v) is 9.86. The van der Waals surface area contributed by atoms with Crippen LogP contribution in [-0.2, 0) is 16.1 Å². The monoisotopic (exact) mass is 439 g/mol. The Labute approximate surface area is 188 Å². The van der Waals surface area contributed by atoms with E-state index in [4.69, 9.17) is 0 Å². The SMILES string of the molecule is C/C=C/c1ccc2n(c1=O)C[C@@H]1[C@@H](CO)[C@H](C(=O)N3CCCCC3)N(C(=O)CC3CC3)[C@H]21. The van der Waals surface area contributed by atoms with E-state index in [0.717, 1.165) is 50.9 Å². The van der Waals surface area contributed by atoms with Gasteiger partial charge in [-0.2, -0.15) is 0 Å². The summed E-state index contributed by atoms with van der Waals surface area (Å²) in [6.07, 6.45) is 9.30. The number of likely N-dealkylation sites (tertiary alicyclic amines) is 2. The summed E-state index contributed by atoms with van der Waals surface area (Å²) in [5.41, 5.74) is 1.35. The lowest BCUT2D eigenvalue weighted by Crippen LogP contribution is -2.52. The first-order valence-corrected chi connectivity index (χ1v) is 12.1. The number of hydrogen-bond donors (Lipinski definition) is 1. The van der Waals surface area contributed by atoms with Gasteiger partial charge in [-0.3, -0.25) is 14.4 Å². The molecule has 0 radical (unpaired) electrons. The fourth-order valence-electron chi connectivity index (χ4n) is 6.05. The van der Waals surface area contributed by atoms with E-state index in [9.17, 15) is 19.5 Å². The number of nitrogens with zero attached hydrogens (tertiary/aromatic N) is 3. The second kappa shape index (κ2) is 8.50. The van der Waals surface area contributed by atoms with Crippen molar-refractivity contribution in [2.45, 2.75) is 64.1 Å². The number of allylic oxidation sites excluding steroid dienone is 1. The van der Waals surface area contributed by atoms with Crippen LogP contribution in [0.1, 0.15) is 62.7 Å². The summed E-state index contributed by atoms with van der Waals surface area (Å²) < 4.78 is 1.76. The quantitative estimate of drug-likeness (QED) is 0.762. The highest BCUT2D eigenvalue weighted by atomic mass is 16.3. The van der Waals surface area contributed by atoms with E-state index in [1.54, 1.807) is 15.5 Å². The van der Waals surface area contributed by atoms with Gasteiger partial charge in [0.2, 0.25) is 11.8 Å². The van der Waals surface area contributed by atoms with Gasteiger partial charge < -0.3 is 19.5 Å². The highest BCUT2D eigenvalue weighted by molar-refractivity contribution is 5.89. The number of carbonyl (C=O) groups excluding carboxylic acids is 2. The van der Waals surface area contributed by atoms with Crippen molar-refractivity contribution in [3.63, 3.8) is 0 Å². The van der Waals surface area contributed by atoms with Gasteiger partial charge in [-0.05, 0) is 57.1 Å². The number of hydrogen-bond acceptors (Lipinski definition) is 4. The van der Waals surface area contributed by atoms with Crippen LogP contribution in [-0.4, -0.2) is 57.0 Å². The number of rotatable bonds is 5. The lowest BCUT2D eigenvalue weighted by atomic mass is 9.88. The maximum Gasteiger partial charge on any atom is 0.258 e. The van der Waals surface area contributed by atoms with Gasteiger partial charge in [-0.1, -0.05) is 12.2 Å². The van der Waals surface area contributed by atoms with Crippen LogP contribution in [0.2, 0.25) is 0 Å².